The van der Waals surface area contributed by atoms with Gasteiger partial charge in [0.05, 0.1) is 6.10 Å². The van der Waals surface area contributed by atoms with Gasteiger partial charge in [-0.25, -0.2) is 0 Å². The molecule has 2 unspecified atom stereocenters. The molecule has 1 N–H and O–H groups in total. The van der Waals surface area contributed by atoms with Crippen LogP contribution >= 0.6 is 0 Å². The van der Waals surface area contributed by atoms with Gasteiger partial charge >= 0.3 is 0 Å². The monoisotopic (exact) mass is 283 g/mol. The smallest absolute Gasteiger partial charge is 0.0977 e. The number of nitrogens with one attached hydrogen (secondary N) is 1. The Balaban J connectivity index is 2.13. The van der Waals surface area contributed by atoms with Crippen LogP contribution in [0.25, 0.3) is 0 Å². The van der Waals surface area contributed by atoms with E-state index in [9.17, 15) is 0 Å². The van der Waals surface area contributed by atoms with Gasteiger partial charge in [-0.3, -0.25) is 0 Å². The minimum atomic E-state index is 0.0575. The minimum Gasteiger partial charge on any atom is -0.375 e. The Labute approximate surface area is 128 Å². The molecule has 2 nitrogen and oxygen atoms in total. The van der Waals surface area contributed by atoms with Crippen LogP contribution in [0.5, 0.6) is 0 Å². The van der Waals surface area contributed by atoms with Crippen molar-refractivity contribution in [2.24, 2.45) is 0 Å². The lowest BCUT2D eigenvalue weighted by atomic mass is 9.95. The van der Waals surface area contributed by atoms with Gasteiger partial charge < -0.3 is 10.1 Å². The highest BCUT2D eigenvalue weighted by molar-refractivity contribution is 5.25. The van der Waals surface area contributed by atoms with Crippen LogP contribution in [0.2, 0.25) is 0 Å². The van der Waals surface area contributed by atoms with Crippen LogP contribution in [-0.4, -0.2) is 20.2 Å². The van der Waals surface area contributed by atoms with Crippen LogP contribution in [0.3, 0.4) is 0 Å². The molecular weight excluding hydrogens is 258 g/mol. The third-order valence-corrected chi connectivity index (χ3v) is 4.01. The molecule has 2 aromatic rings. The molecule has 0 fully saturated rings. The number of rotatable bonds is 7. The molecule has 2 rings (SSSR count). The van der Waals surface area contributed by atoms with E-state index in [1.54, 1.807) is 7.11 Å². The van der Waals surface area contributed by atoms with Crippen molar-refractivity contribution in [1.82, 2.24) is 5.32 Å². The average molecular weight is 283 g/mol. The summed E-state index contributed by atoms with van der Waals surface area (Å²) < 4.78 is 5.74. The Morgan fingerprint density at radius 3 is 2.10 bits per heavy atom. The highest BCUT2D eigenvalue weighted by Crippen LogP contribution is 2.23. The zero-order valence-corrected chi connectivity index (χ0v) is 13.2. The van der Waals surface area contributed by atoms with E-state index in [0.717, 1.165) is 12.8 Å². The highest BCUT2D eigenvalue weighted by Gasteiger charge is 2.21. The molecular formula is C19H25NO. The van der Waals surface area contributed by atoms with Crippen LogP contribution in [0.15, 0.2) is 54.6 Å². The van der Waals surface area contributed by atoms with Crippen LogP contribution < -0.4 is 5.32 Å². The summed E-state index contributed by atoms with van der Waals surface area (Å²) in [4.78, 5) is 0. The molecule has 0 bridgehead atoms. The van der Waals surface area contributed by atoms with Crippen LogP contribution in [0.1, 0.15) is 29.7 Å². The van der Waals surface area contributed by atoms with Crippen LogP contribution in [0.4, 0.5) is 0 Å². The normalized spacial score (nSPS) is 13.9. The summed E-state index contributed by atoms with van der Waals surface area (Å²) in [6, 6.07) is 19.5. The van der Waals surface area contributed by atoms with E-state index in [2.05, 4.69) is 60.8 Å². The maximum Gasteiger partial charge on any atom is 0.0977 e. The lowest BCUT2D eigenvalue weighted by molar-refractivity contribution is 0.0704. The Bertz CT molecular complexity index is 521. The first-order valence-corrected chi connectivity index (χ1v) is 7.61. The van der Waals surface area contributed by atoms with E-state index < -0.39 is 0 Å². The fourth-order valence-corrected chi connectivity index (χ4v) is 2.70. The first-order valence-electron chi connectivity index (χ1n) is 7.61. The molecule has 2 aromatic carbocycles. The molecule has 0 spiro atoms. The Kier molecular flexibility index (Phi) is 5.97. The number of methoxy groups -OCH3 is 1. The predicted molar refractivity (Wildman–Crippen MR) is 88.6 cm³/mol. The lowest BCUT2D eigenvalue weighted by Crippen LogP contribution is -2.35. The van der Waals surface area contributed by atoms with Crippen molar-refractivity contribution in [3.05, 3.63) is 71.3 Å². The molecule has 0 aromatic heterocycles. The number of benzene rings is 2. The largest absolute Gasteiger partial charge is 0.375 e. The van der Waals surface area contributed by atoms with Crippen molar-refractivity contribution in [1.29, 1.82) is 0 Å². The second kappa shape index (κ2) is 7.96. The van der Waals surface area contributed by atoms with Crippen LogP contribution in [-0.2, 0) is 17.6 Å². The summed E-state index contributed by atoms with van der Waals surface area (Å²) in [7, 11) is 3.78. The SMILES string of the molecule is CCc1ccc(CC(NC)C(OC)c2ccccc2)cc1. The minimum absolute atomic E-state index is 0.0575. The Morgan fingerprint density at radius 1 is 0.952 bits per heavy atom. The first kappa shape index (κ1) is 15.7. The van der Waals surface area contributed by atoms with Gasteiger partial charge in [0.15, 0.2) is 0 Å². The molecule has 0 aliphatic heterocycles. The molecule has 0 saturated heterocycles. The van der Waals surface area contributed by atoms with Gasteiger partial charge in [0, 0.05) is 13.2 Å². The van der Waals surface area contributed by atoms with Crippen molar-refractivity contribution in [3.8, 4) is 0 Å². The van der Waals surface area contributed by atoms with Gasteiger partial charge in [0.1, 0.15) is 0 Å². The highest BCUT2D eigenvalue weighted by atomic mass is 16.5. The summed E-state index contributed by atoms with van der Waals surface area (Å²) in [5.41, 5.74) is 3.93. The molecule has 2 atom stereocenters. The van der Waals surface area contributed by atoms with Gasteiger partial charge in [0.25, 0.3) is 0 Å². The van der Waals surface area contributed by atoms with Gasteiger partial charge in [-0.2, -0.15) is 0 Å². The molecule has 0 radical (unpaired) electrons. The number of ether oxygens (including phenoxy) is 1. The first-order chi connectivity index (χ1) is 10.3. The zero-order valence-electron chi connectivity index (χ0n) is 13.2. The van der Waals surface area contributed by atoms with Crippen molar-refractivity contribution < 1.29 is 4.74 Å². The topological polar surface area (TPSA) is 21.3 Å². The summed E-state index contributed by atoms with van der Waals surface area (Å²) in [5, 5.41) is 3.40. The van der Waals surface area contributed by atoms with Crippen molar-refractivity contribution in [3.63, 3.8) is 0 Å². The molecule has 2 heteroatoms. The molecule has 0 aliphatic carbocycles. The van der Waals surface area contributed by atoms with E-state index in [0.29, 0.717) is 0 Å². The third kappa shape index (κ3) is 4.16. The fourth-order valence-electron chi connectivity index (χ4n) is 2.70. The number of hydrogen-bond donors (Lipinski definition) is 1. The van der Waals surface area contributed by atoms with E-state index in [-0.39, 0.29) is 12.1 Å². The lowest BCUT2D eigenvalue weighted by Gasteiger charge is -2.26. The molecule has 0 heterocycles. The van der Waals surface area contributed by atoms with Crippen molar-refractivity contribution >= 4 is 0 Å². The Morgan fingerprint density at radius 2 is 1.57 bits per heavy atom. The maximum absolute atomic E-state index is 5.74. The zero-order chi connectivity index (χ0) is 15.1. The molecule has 0 saturated carbocycles. The summed E-state index contributed by atoms with van der Waals surface area (Å²) >= 11 is 0. The number of likely N-dealkylation sites (N-methyl/N-ethyl adjacent to an activating group) is 1. The van der Waals surface area contributed by atoms with Gasteiger partial charge in [-0.15, -0.1) is 0 Å². The van der Waals surface area contributed by atoms with Gasteiger partial charge in [0.2, 0.25) is 0 Å². The molecule has 112 valence electrons. The van der Waals surface area contributed by atoms with Gasteiger partial charge in [-0.05, 0) is 36.6 Å². The predicted octanol–water partition coefficient (Wildman–Crippen LogP) is 3.77. The van der Waals surface area contributed by atoms with Crippen molar-refractivity contribution in [2.45, 2.75) is 31.9 Å². The van der Waals surface area contributed by atoms with E-state index in [1.807, 2.05) is 13.1 Å². The molecule has 0 aliphatic rings. The van der Waals surface area contributed by atoms with Crippen LogP contribution in [0, 0.1) is 0 Å². The standard InChI is InChI=1S/C19H25NO/c1-4-15-10-12-16(13-11-15)14-18(20-2)19(21-3)17-8-6-5-7-9-17/h5-13,18-20H,4,14H2,1-3H3. The van der Waals surface area contributed by atoms with E-state index in [4.69, 9.17) is 4.74 Å². The third-order valence-electron chi connectivity index (χ3n) is 4.01. The summed E-state index contributed by atoms with van der Waals surface area (Å²) in [6.45, 7) is 2.18. The number of hydrogen-bond acceptors (Lipinski definition) is 2. The summed E-state index contributed by atoms with van der Waals surface area (Å²) in [6.07, 6.45) is 2.09. The second-order valence-corrected chi connectivity index (χ2v) is 5.34. The van der Waals surface area contributed by atoms with Gasteiger partial charge in [-0.1, -0.05) is 61.5 Å². The Hall–Kier alpha value is -1.64. The van der Waals surface area contributed by atoms with E-state index >= 15 is 0 Å². The quantitative estimate of drug-likeness (QED) is 0.835. The van der Waals surface area contributed by atoms with E-state index in [1.165, 1.54) is 16.7 Å². The molecule has 0 amide bonds. The number of aryl methyl sites for hydroxylation is 1. The maximum atomic E-state index is 5.74. The fraction of sp³-hybridized carbons (Fsp3) is 0.368. The second-order valence-electron chi connectivity index (χ2n) is 5.34. The average Bonchev–Trinajstić information content (AvgIpc) is 2.56. The summed E-state index contributed by atoms with van der Waals surface area (Å²) in [5.74, 6) is 0. The molecule has 21 heavy (non-hydrogen) atoms. The van der Waals surface area contributed by atoms with Crippen molar-refractivity contribution in [2.75, 3.05) is 14.2 Å².